The number of benzene rings is 1. The Labute approximate surface area is 210 Å². The highest BCUT2D eigenvalue weighted by Gasteiger charge is 2.28. The van der Waals surface area contributed by atoms with Crippen molar-refractivity contribution in [3.8, 4) is 34.2 Å². The SMILES string of the molecule is COc1cc(OCCN2CCCC2)ccc1Nc1ncc2c(n1)-c1c(nn(C)c1-c1ccco1)CC2. The first-order valence-electron chi connectivity index (χ1n) is 12.5. The quantitative estimate of drug-likeness (QED) is 0.390. The lowest BCUT2D eigenvalue weighted by atomic mass is 9.93. The molecule has 0 spiro atoms. The lowest BCUT2D eigenvalue weighted by Crippen LogP contribution is -2.25. The molecule has 0 bridgehead atoms. The Kier molecular flexibility index (Phi) is 6.06. The Bertz CT molecular complexity index is 1360. The van der Waals surface area contributed by atoms with Gasteiger partial charge in [-0.2, -0.15) is 5.10 Å². The van der Waals surface area contributed by atoms with E-state index in [9.17, 15) is 0 Å². The van der Waals surface area contributed by atoms with Gasteiger partial charge in [0.15, 0.2) is 5.76 Å². The number of methoxy groups -OCH3 is 1. The van der Waals surface area contributed by atoms with Crippen LogP contribution in [0.4, 0.5) is 11.6 Å². The Morgan fingerprint density at radius 2 is 2.03 bits per heavy atom. The number of rotatable bonds is 8. The summed E-state index contributed by atoms with van der Waals surface area (Å²) >= 11 is 0. The van der Waals surface area contributed by atoms with Gasteiger partial charge in [0.05, 0.1) is 36.0 Å². The van der Waals surface area contributed by atoms with Gasteiger partial charge < -0.3 is 19.2 Å². The number of anilines is 2. The lowest BCUT2D eigenvalue weighted by molar-refractivity contribution is 0.237. The van der Waals surface area contributed by atoms with E-state index < -0.39 is 0 Å². The normalized spacial score (nSPS) is 14.9. The van der Waals surface area contributed by atoms with Crippen LogP contribution in [0.1, 0.15) is 24.1 Å². The van der Waals surface area contributed by atoms with E-state index >= 15 is 0 Å². The van der Waals surface area contributed by atoms with Crippen LogP contribution in [0.5, 0.6) is 11.5 Å². The second-order valence-corrected chi connectivity index (χ2v) is 9.22. The standard InChI is InChI=1S/C27H30N6O3/c1-32-26(22-6-5-14-36-22)24-21(31-32)9-7-18-17-28-27(30-25(18)24)29-20-10-8-19(16-23(20)34-2)35-15-13-33-11-3-4-12-33/h5-6,8,10,14,16-17H,3-4,7,9,11-13,15H2,1-2H3,(H,28,29,30). The molecule has 0 saturated carbocycles. The van der Waals surface area contributed by atoms with Crippen LogP contribution >= 0.6 is 0 Å². The molecule has 0 amide bonds. The summed E-state index contributed by atoms with van der Waals surface area (Å²) in [6, 6.07) is 9.63. The molecule has 186 valence electrons. The van der Waals surface area contributed by atoms with E-state index in [2.05, 4.69) is 15.2 Å². The minimum atomic E-state index is 0.497. The van der Waals surface area contributed by atoms with E-state index in [1.54, 1.807) is 13.4 Å². The monoisotopic (exact) mass is 486 g/mol. The molecular formula is C27H30N6O3. The van der Waals surface area contributed by atoms with Gasteiger partial charge in [0.2, 0.25) is 5.95 Å². The number of hydrogen-bond acceptors (Lipinski definition) is 8. The number of ether oxygens (including phenoxy) is 2. The van der Waals surface area contributed by atoms with Gasteiger partial charge in [-0.25, -0.2) is 9.97 Å². The highest BCUT2D eigenvalue weighted by atomic mass is 16.5. The number of likely N-dealkylation sites (tertiary alicyclic amines) is 1. The smallest absolute Gasteiger partial charge is 0.227 e. The minimum absolute atomic E-state index is 0.497. The molecule has 1 fully saturated rings. The highest BCUT2D eigenvalue weighted by Crippen LogP contribution is 2.40. The zero-order chi connectivity index (χ0) is 24.5. The van der Waals surface area contributed by atoms with Crippen LogP contribution in [0.15, 0.2) is 47.2 Å². The Morgan fingerprint density at radius 3 is 2.83 bits per heavy atom. The molecule has 4 aromatic rings. The third kappa shape index (κ3) is 4.30. The Balaban J connectivity index is 1.24. The number of aromatic nitrogens is 4. The number of fused-ring (bicyclic) bond motifs is 3. The first-order chi connectivity index (χ1) is 17.7. The van der Waals surface area contributed by atoms with Gasteiger partial charge in [-0.1, -0.05) is 0 Å². The molecule has 9 nitrogen and oxygen atoms in total. The highest BCUT2D eigenvalue weighted by molar-refractivity contribution is 5.82. The summed E-state index contributed by atoms with van der Waals surface area (Å²) in [5.41, 5.74) is 5.71. The zero-order valence-corrected chi connectivity index (χ0v) is 20.7. The number of hydrogen-bond donors (Lipinski definition) is 1. The molecule has 4 heterocycles. The van der Waals surface area contributed by atoms with Crippen molar-refractivity contribution in [3.05, 3.63) is 54.0 Å². The summed E-state index contributed by atoms with van der Waals surface area (Å²) < 4.78 is 19.2. The summed E-state index contributed by atoms with van der Waals surface area (Å²) in [6.07, 6.45) is 7.84. The van der Waals surface area contributed by atoms with E-state index in [-0.39, 0.29) is 0 Å². The number of furan rings is 1. The van der Waals surface area contributed by atoms with Crippen LogP contribution in [0.3, 0.4) is 0 Å². The van der Waals surface area contributed by atoms with Crippen molar-refractivity contribution in [2.75, 3.05) is 38.7 Å². The second-order valence-electron chi connectivity index (χ2n) is 9.22. The third-order valence-electron chi connectivity index (χ3n) is 6.90. The zero-order valence-electron chi connectivity index (χ0n) is 20.7. The van der Waals surface area contributed by atoms with Crippen molar-refractivity contribution >= 4 is 11.6 Å². The van der Waals surface area contributed by atoms with Crippen molar-refractivity contribution in [3.63, 3.8) is 0 Å². The molecule has 1 saturated heterocycles. The van der Waals surface area contributed by atoms with Crippen molar-refractivity contribution in [1.29, 1.82) is 0 Å². The molecule has 1 N–H and O–H groups in total. The summed E-state index contributed by atoms with van der Waals surface area (Å²) in [5.74, 6) is 2.73. The fourth-order valence-electron chi connectivity index (χ4n) is 5.10. The first kappa shape index (κ1) is 22.6. The largest absolute Gasteiger partial charge is 0.494 e. The average Bonchev–Trinajstić information content (AvgIpc) is 3.66. The van der Waals surface area contributed by atoms with E-state index in [0.717, 1.165) is 64.8 Å². The summed E-state index contributed by atoms with van der Waals surface area (Å²) in [5, 5.41) is 8.08. The molecule has 1 aliphatic carbocycles. The van der Waals surface area contributed by atoms with E-state index in [1.165, 1.54) is 25.9 Å². The van der Waals surface area contributed by atoms with Crippen LogP contribution in [-0.4, -0.2) is 58.0 Å². The minimum Gasteiger partial charge on any atom is -0.494 e. The second kappa shape index (κ2) is 9.66. The molecule has 0 atom stereocenters. The van der Waals surface area contributed by atoms with E-state index in [1.807, 2.05) is 48.3 Å². The molecule has 6 rings (SSSR count). The van der Waals surface area contributed by atoms with Gasteiger partial charge in [0.1, 0.15) is 23.8 Å². The molecule has 1 aliphatic heterocycles. The molecule has 1 aromatic carbocycles. The van der Waals surface area contributed by atoms with Crippen molar-refractivity contribution < 1.29 is 13.9 Å². The summed E-state index contributed by atoms with van der Waals surface area (Å²) in [7, 11) is 3.59. The third-order valence-corrected chi connectivity index (χ3v) is 6.90. The molecule has 0 unspecified atom stereocenters. The van der Waals surface area contributed by atoms with Crippen LogP contribution in [0.2, 0.25) is 0 Å². The molecule has 0 radical (unpaired) electrons. The van der Waals surface area contributed by atoms with Crippen molar-refractivity contribution in [2.45, 2.75) is 25.7 Å². The summed E-state index contributed by atoms with van der Waals surface area (Å²) in [4.78, 5) is 11.9. The van der Waals surface area contributed by atoms with E-state index in [4.69, 9.17) is 24.0 Å². The number of aryl methyl sites for hydroxylation is 3. The van der Waals surface area contributed by atoms with Crippen LogP contribution in [0, 0.1) is 0 Å². The Morgan fingerprint density at radius 1 is 1.14 bits per heavy atom. The van der Waals surface area contributed by atoms with Crippen molar-refractivity contribution in [1.82, 2.24) is 24.6 Å². The van der Waals surface area contributed by atoms with Crippen LogP contribution in [-0.2, 0) is 19.9 Å². The van der Waals surface area contributed by atoms with Gasteiger partial charge in [0.25, 0.3) is 0 Å². The van der Waals surface area contributed by atoms with Gasteiger partial charge in [0, 0.05) is 25.9 Å². The number of nitrogens with one attached hydrogen (secondary N) is 1. The molecule has 2 aliphatic rings. The van der Waals surface area contributed by atoms with Gasteiger partial charge >= 0.3 is 0 Å². The topological polar surface area (TPSA) is 90.5 Å². The van der Waals surface area contributed by atoms with Crippen LogP contribution < -0.4 is 14.8 Å². The van der Waals surface area contributed by atoms with Gasteiger partial charge in [-0.3, -0.25) is 9.58 Å². The summed E-state index contributed by atoms with van der Waals surface area (Å²) in [6.45, 7) is 3.94. The predicted molar refractivity (Wildman–Crippen MR) is 137 cm³/mol. The maximum Gasteiger partial charge on any atom is 0.227 e. The Hall–Kier alpha value is -3.85. The predicted octanol–water partition coefficient (Wildman–Crippen LogP) is 4.46. The first-order valence-corrected chi connectivity index (χ1v) is 12.5. The van der Waals surface area contributed by atoms with Crippen LogP contribution in [0.25, 0.3) is 22.7 Å². The van der Waals surface area contributed by atoms with Crippen molar-refractivity contribution in [2.24, 2.45) is 7.05 Å². The fraction of sp³-hybridized carbons (Fsp3) is 0.370. The maximum atomic E-state index is 5.98. The molecule has 36 heavy (non-hydrogen) atoms. The van der Waals surface area contributed by atoms with E-state index in [0.29, 0.717) is 18.3 Å². The average molecular weight is 487 g/mol. The van der Waals surface area contributed by atoms with Gasteiger partial charge in [-0.15, -0.1) is 0 Å². The lowest BCUT2D eigenvalue weighted by Gasteiger charge is -2.18. The molecular weight excluding hydrogens is 456 g/mol. The maximum absolute atomic E-state index is 5.98. The number of nitrogens with zero attached hydrogens (tertiary/aromatic N) is 5. The van der Waals surface area contributed by atoms with Gasteiger partial charge in [-0.05, 0) is 68.6 Å². The molecule has 9 heteroatoms. The fourth-order valence-corrected chi connectivity index (χ4v) is 5.10. The molecule has 3 aromatic heterocycles.